The van der Waals surface area contributed by atoms with Crippen LogP contribution in [0.4, 0.5) is 4.79 Å². The summed E-state index contributed by atoms with van der Waals surface area (Å²) < 4.78 is 10.9. The summed E-state index contributed by atoms with van der Waals surface area (Å²) >= 11 is 12.0. The summed E-state index contributed by atoms with van der Waals surface area (Å²) in [6, 6.07) is 5.49. The molecule has 0 saturated heterocycles. The molecule has 1 amide bonds. The van der Waals surface area contributed by atoms with Gasteiger partial charge in [-0.1, -0.05) is 18.2 Å². The van der Waals surface area contributed by atoms with Gasteiger partial charge in [-0.05, 0) is 84.4 Å². The highest BCUT2D eigenvalue weighted by molar-refractivity contribution is 6.18. The molecule has 0 aromatic heterocycles. The molecule has 0 heterocycles. The molecule has 3 N–H and O–H groups in total. The topological polar surface area (TPSA) is 90.7 Å². The second-order valence-electron chi connectivity index (χ2n) is 10.5. The van der Waals surface area contributed by atoms with Gasteiger partial charge in [-0.15, -0.1) is 23.2 Å². The number of nitrogens with one attached hydrogen (secondary N) is 1. The van der Waals surface area contributed by atoms with Gasteiger partial charge in [-0.3, -0.25) is 4.79 Å². The van der Waals surface area contributed by atoms with Crippen LogP contribution in [0.2, 0.25) is 0 Å². The summed E-state index contributed by atoms with van der Waals surface area (Å²) in [4.78, 5) is 25.0. The SMILES string of the molecule is Cc1ccc(C(N)(CCCl)CCCl)cc1C[C@@H](CC(=O)OC(C)(C)C)NC(=O)OC(C)(C)C. The second kappa shape index (κ2) is 12.3. The maximum Gasteiger partial charge on any atom is 0.407 e. The summed E-state index contributed by atoms with van der Waals surface area (Å²) in [5.41, 5.74) is 7.66. The Morgan fingerprint density at radius 2 is 1.55 bits per heavy atom. The third kappa shape index (κ3) is 11.0. The first-order valence-corrected chi connectivity index (χ1v) is 12.4. The number of amides is 1. The lowest BCUT2D eigenvalue weighted by Gasteiger charge is -2.30. The van der Waals surface area contributed by atoms with E-state index in [1.807, 2.05) is 45.9 Å². The summed E-state index contributed by atoms with van der Waals surface area (Å²) in [6.45, 7) is 12.8. The maximum absolute atomic E-state index is 12.5. The van der Waals surface area contributed by atoms with Gasteiger partial charge in [0, 0.05) is 23.3 Å². The smallest absolute Gasteiger partial charge is 0.407 e. The minimum absolute atomic E-state index is 0.0112. The summed E-state index contributed by atoms with van der Waals surface area (Å²) in [7, 11) is 0. The van der Waals surface area contributed by atoms with Crippen LogP contribution in [0.25, 0.3) is 0 Å². The Hall–Kier alpha value is -1.50. The lowest BCUT2D eigenvalue weighted by Crippen LogP contribution is -2.42. The van der Waals surface area contributed by atoms with Crippen LogP contribution >= 0.6 is 23.2 Å². The number of hydrogen-bond donors (Lipinski definition) is 2. The van der Waals surface area contributed by atoms with E-state index in [0.29, 0.717) is 31.0 Å². The van der Waals surface area contributed by atoms with Crippen molar-refractivity contribution in [2.45, 2.75) is 96.9 Å². The number of halogens is 2. The van der Waals surface area contributed by atoms with Crippen molar-refractivity contribution in [1.82, 2.24) is 5.32 Å². The molecule has 188 valence electrons. The molecule has 0 aliphatic rings. The quantitative estimate of drug-likeness (QED) is 0.322. The molecule has 0 unspecified atom stereocenters. The molecule has 1 aromatic carbocycles. The Balaban J connectivity index is 3.21. The van der Waals surface area contributed by atoms with Crippen molar-refractivity contribution in [3.63, 3.8) is 0 Å². The van der Waals surface area contributed by atoms with Gasteiger partial charge < -0.3 is 20.5 Å². The third-order valence-electron chi connectivity index (χ3n) is 5.03. The Bertz CT molecular complexity index is 765. The van der Waals surface area contributed by atoms with E-state index >= 15 is 0 Å². The van der Waals surface area contributed by atoms with Crippen molar-refractivity contribution in [2.75, 3.05) is 11.8 Å². The maximum atomic E-state index is 12.5. The number of alkyl carbamates (subject to hydrolysis) is 1. The van der Waals surface area contributed by atoms with Gasteiger partial charge in [0.2, 0.25) is 0 Å². The average molecular weight is 504 g/mol. The molecule has 0 saturated carbocycles. The van der Waals surface area contributed by atoms with Crippen molar-refractivity contribution in [3.8, 4) is 0 Å². The highest BCUT2D eigenvalue weighted by Crippen LogP contribution is 2.29. The summed E-state index contributed by atoms with van der Waals surface area (Å²) in [6.07, 6.45) is 1.01. The lowest BCUT2D eigenvalue weighted by atomic mass is 9.83. The highest BCUT2D eigenvalue weighted by Gasteiger charge is 2.28. The first-order chi connectivity index (χ1) is 15.1. The normalized spacial score (nSPS) is 13.4. The van der Waals surface area contributed by atoms with Crippen LogP contribution in [0.3, 0.4) is 0 Å². The van der Waals surface area contributed by atoms with E-state index < -0.39 is 34.8 Å². The van der Waals surface area contributed by atoms with E-state index in [4.69, 9.17) is 38.4 Å². The van der Waals surface area contributed by atoms with Crippen LogP contribution in [0.1, 0.15) is 77.5 Å². The molecule has 0 aliphatic heterocycles. The predicted octanol–water partition coefficient (Wildman–Crippen LogP) is 5.57. The number of aryl methyl sites for hydroxylation is 1. The zero-order chi connectivity index (χ0) is 25.4. The van der Waals surface area contributed by atoms with Gasteiger partial charge in [0.05, 0.1) is 6.42 Å². The van der Waals surface area contributed by atoms with Crippen molar-refractivity contribution in [2.24, 2.45) is 5.73 Å². The van der Waals surface area contributed by atoms with Crippen LogP contribution in [0.5, 0.6) is 0 Å². The molecule has 0 bridgehead atoms. The third-order valence-corrected chi connectivity index (χ3v) is 5.40. The van der Waals surface area contributed by atoms with E-state index in [2.05, 4.69) is 5.32 Å². The average Bonchev–Trinajstić information content (AvgIpc) is 2.60. The standard InChI is InChI=1S/C25H40Cl2N2O4/c1-17-8-9-19(25(28,10-12-26)11-13-27)14-18(17)15-20(16-21(30)32-23(2,3)4)29-22(31)33-24(5,6)7/h8-9,14,20H,10-13,15-16,28H2,1-7H3,(H,29,31)/t20-/m0/s1. The molecule has 33 heavy (non-hydrogen) atoms. The first kappa shape index (κ1) is 29.5. The highest BCUT2D eigenvalue weighted by atomic mass is 35.5. The van der Waals surface area contributed by atoms with Crippen molar-refractivity contribution >= 4 is 35.3 Å². The fourth-order valence-corrected chi connectivity index (χ4v) is 4.12. The Morgan fingerprint density at radius 3 is 2.03 bits per heavy atom. The first-order valence-electron chi connectivity index (χ1n) is 11.3. The van der Waals surface area contributed by atoms with E-state index in [9.17, 15) is 9.59 Å². The van der Waals surface area contributed by atoms with Crippen LogP contribution in [0.15, 0.2) is 18.2 Å². The fraction of sp³-hybridized carbons (Fsp3) is 0.680. The molecular weight excluding hydrogens is 463 g/mol. The number of rotatable bonds is 10. The Morgan fingerprint density at radius 1 is 1.00 bits per heavy atom. The molecule has 6 nitrogen and oxygen atoms in total. The lowest BCUT2D eigenvalue weighted by molar-refractivity contribution is -0.155. The molecule has 1 atom stereocenters. The number of benzene rings is 1. The largest absolute Gasteiger partial charge is 0.460 e. The number of hydrogen-bond acceptors (Lipinski definition) is 5. The predicted molar refractivity (Wildman–Crippen MR) is 135 cm³/mol. The zero-order valence-electron chi connectivity index (χ0n) is 21.0. The monoisotopic (exact) mass is 502 g/mol. The van der Waals surface area contributed by atoms with E-state index in [1.165, 1.54) is 0 Å². The molecule has 8 heteroatoms. The fourth-order valence-electron chi connectivity index (χ4n) is 3.45. The summed E-state index contributed by atoms with van der Waals surface area (Å²) in [5.74, 6) is 0.436. The number of carbonyl (C=O) groups excluding carboxylic acids is 2. The van der Waals surface area contributed by atoms with Crippen molar-refractivity contribution in [1.29, 1.82) is 0 Å². The van der Waals surface area contributed by atoms with Crippen molar-refractivity contribution in [3.05, 3.63) is 34.9 Å². The number of carbonyl (C=O) groups is 2. The van der Waals surface area contributed by atoms with E-state index in [-0.39, 0.29) is 6.42 Å². The number of esters is 1. The van der Waals surface area contributed by atoms with Gasteiger partial charge in [-0.2, -0.15) is 0 Å². The van der Waals surface area contributed by atoms with Crippen molar-refractivity contribution < 1.29 is 19.1 Å². The van der Waals surface area contributed by atoms with Gasteiger partial charge in [0.15, 0.2) is 0 Å². The van der Waals surface area contributed by atoms with Gasteiger partial charge in [0.1, 0.15) is 11.2 Å². The second-order valence-corrected chi connectivity index (χ2v) is 11.3. The van der Waals surface area contributed by atoms with Crippen LogP contribution in [-0.4, -0.2) is 41.1 Å². The zero-order valence-corrected chi connectivity index (χ0v) is 22.5. The Kier molecular flexibility index (Phi) is 11.0. The number of alkyl halides is 2. The van der Waals surface area contributed by atoms with Crippen LogP contribution in [-0.2, 0) is 26.2 Å². The van der Waals surface area contributed by atoms with Gasteiger partial charge in [-0.25, -0.2) is 4.79 Å². The Labute approximate surface area is 208 Å². The number of ether oxygens (including phenoxy) is 2. The molecule has 0 radical (unpaired) electrons. The molecule has 1 aromatic rings. The number of nitrogens with two attached hydrogens (primary N) is 1. The van der Waals surface area contributed by atoms with Gasteiger partial charge >= 0.3 is 12.1 Å². The molecule has 0 aliphatic carbocycles. The van der Waals surface area contributed by atoms with Crippen LogP contribution < -0.4 is 11.1 Å². The van der Waals surface area contributed by atoms with E-state index in [0.717, 1.165) is 16.7 Å². The minimum Gasteiger partial charge on any atom is -0.460 e. The molecule has 0 spiro atoms. The molecule has 1 rings (SSSR count). The van der Waals surface area contributed by atoms with Crippen LogP contribution in [0, 0.1) is 6.92 Å². The molecular formula is C25H40Cl2N2O4. The van der Waals surface area contributed by atoms with E-state index in [1.54, 1.807) is 20.8 Å². The van der Waals surface area contributed by atoms with Gasteiger partial charge in [0.25, 0.3) is 0 Å². The molecule has 0 fully saturated rings. The summed E-state index contributed by atoms with van der Waals surface area (Å²) in [5, 5.41) is 2.84. The minimum atomic E-state index is -0.654.